The number of benzene rings is 1. The van der Waals surface area contributed by atoms with Crippen LogP contribution in [-0.2, 0) is 0 Å². The largest absolute Gasteiger partial charge is 0.340 e. The van der Waals surface area contributed by atoms with Gasteiger partial charge in [-0.1, -0.05) is 6.07 Å². The number of aryl methyl sites for hydroxylation is 1. The molecule has 0 saturated carbocycles. The molecule has 6 nitrogen and oxygen atoms in total. The zero-order valence-electron chi connectivity index (χ0n) is 12.5. The van der Waals surface area contributed by atoms with Crippen molar-refractivity contribution in [2.45, 2.75) is 6.92 Å². The maximum atomic E-state index is 12.0. The molecular formula is C17H15N5O. The van der Waals surface area contributed by atoms with E-state index < -0.39 is 0 Å². The Morgan fingerprint density at radius 1 is 0.957 bits per heavy atom. The van der Waals surface area contributed by atoms with Crippen LogP contribution in [0.3, 0.4) is 0 Å². The molecule has 6 heteroatoms. The van der Waals surface area contributed by atoms with E-state index in [2.05, 4.69) is 25.6 Å². The van der Waals surface area contributed by atoms with E-state index in [1.165, 1.54) is 6.33 Å². The normalized spacial score (nSPS) is 10.1. The number of pyridine rings is 1. The molecule has 2 heterocycles. The lowest BCUT2D eigenvalue weighted by Crippen LogP contribution is -2.13. The van der Waals surface area contributed by atoms with Crippen LogP contribution in [0.5, 0.6) is 0 Å². The Hall–Kier alpha value is -3.28. The van der Waals surface area contributed by atoms with Crippen LogP contribution >= 0.6 is 0 Å². The minimum atomic E-state index is -0.238. The van der Waals surface area contributed by atoms with Crippen LogP contribution in [0.4, 0.5) is 17.2 Å². The third kappa shape index (κ3) is 3.88. The molecule has 2 aromatic heterocycles. The molecule has 0 unspecified atom stereocenters. The van der Waals surface area contributed by atoms with Crippen molar-refractivity contribution < 1.29 is 4.79 Å². The standard InChI is InChI=1S/C17H15N5O/c1-12-10-16(20-11-19-12)21-13-5-7-14(8-6-13)22-17(23)15-4-2-3-9-18-15/h2-11H,1H3,(H,22,23)(H,19,20,21). The second kappa shape index (κ2) is 6.65. The van der Waals surface area contributed by atoms with Gasteiger partial charge in [-0.3, -0.25) is 9.78 Å². The summed E-state index contributed by atoms with van der Waals surface area (Å²) in [7, 11) is 0. The first-order chi connectivity index (χ1) is 11.2. The fourth-order valence-corrected chi connectivity index (χ4v) is 2.00. The molecule has 3 aromatic rings. The average molecular weight is 305 g/mol. The minimum Gasteiger partial charge on any atom is -0.340 e. The summed E-state index contributed by atoms with van der Waals surface area (Å²) in [5.41, 5.74) is 2.84. The predicted molar refractivity (Wildman–Crippen MR) is 88.7 cm³/mol. The molecule has 0 spiro atoms. The van der Waals surface area contributed by atoms with E-state index in [-0.39, 0.29) is 5.91 Å². The topological polar surface area (TPSA) is 79.8 Å². The SMILES string of the molecule is Cc1cc(Nc2ccc(NC(=O)c3ccccn3)cc2)ncn1. The number of hydrogen-bond acceptors (Lipinski definition) is 5. The number of anilines is 3. The third-order valence-corrected chi connectivity index (χ3v) is 3.12. The lowest BCUT2D eigenvalue weighted by molar-refractivity contribution is 0.102. The zero-order chi connectivity index (χ0) is 16.1. The summed E-state index contributed by atoms with van der Waals surface area (Å²) < 4.78 is 0. The van der Waals surface area contributed by atoms with Crippen LogP contribution in [0.1, 0.15) is 16.2 Å². The average Bonchev–Trinajstić information content (AvgIpc) is 2.57. The first-order valence-electron chi connectivity index (χ1n) is 7.09. The Kier molecular flexibility index (Phi) is 4.24. The van der Waals surface area contributed by atoms with Gasteiger partial charge < -0.3 is 10.6 Å². The molecule has 3 rings (SSSR count). The smallest absolute Gasteiger partial charge is 0.274 e. The Bertz CT molecular complexity index is 803. The van der Waals surface area contributed by atoms with Crippen LogP contribution in [0.15, 0.2) is 61.1 Å². The number of carbonyl (C=O) groups is 1. The summed E-state index contributed by atoms with van der Waals surface area (Å²) in [6.07, 6.45) is 3.10. The first-order valence-corrected chi connectivity index (χ1v) is 7.09. The fraction of sp³-hybridized carbons (Fsp3) is 0.0588. The Labute approximate surface area is 133 Å². The van der Waals surface area contributed by atoms with Crippen LogP contribution < -0.4 is 10.6 Å². The van der Waals surface area contributed by atoms with E-state index in [9.17, 15) is 4.79 Å². The molecule has 0 bridgehead atoms. The zero-order valence-corrected chi connectivity index (χ0v) is 12.5. The number of nitrogens with zero attached hydrogens (tertiary/aromatic N) is 3. The molecule has 0 radical (unpaired) electrons. The summed E-state index contributed by atoms with van der Waals surface area (Å²) in [5.74, 6) is 0.487. The summed E-state index contributed by atoms with van der Waals surface area (Å²) in [5, 5.41) is 5.98. The maximum Gasteiger partial charge on any atom is 0.274 e. The second-order valence-corrected chi connectivity index (χ2v) is 4.92. The molecule has 1 amide bonds. The molecule has 2 N–H and O–H groups in total. The molecular weight excluding hydrogens is 290 g/mol. The Morgan fingerprint density at radius 2 is 1.74 bits per heavy atom. The van der Waals surface area contributed by atoms with Crippen molar-refractivity contribution in [1.29, 1.82) is 0 Å². The first kappa shape index (κ1) is 14.6. The van der Waals surface area contributed by atoms with Crippen molar-refractivity contribution in [2.24, 2.45) is 0 Å². The van der Waals surface area contributed by atoms with Crippen molar-refractivity contribution >= 4 is 23.1 Å². The summed E-state index contributed by atoms with van der Waals surface area (Å²) in [6.45, 7) is 1.91. The third-order valence-electron chi connectivity index (χ3n) is 3.12. The van der Waals surface area contributed by atoms with Gasteiger partial charge in [-0.15, -0.1) is 0 Å². The van der Waals surface area contributed by atoms with E-state index in [0.29, 0.717) is 11.4 Å². The highest BCUT2D eigenvalue weighted by Gasteiger charge is 2.06. The Balaban J connectivity index is 1.66. The maximum absolute atomic E-state index is 12.0. The van der Waals surface area contributed by atoms with Crippen LogP contribution in [0, 0.1) is 6.92 Å². The van der Waals surface area contributed by atoms with Crippen molar-refractivity contribution in [3.05, 3.63) is 72.4 Å². The minimum absolute atomic E-state index is 0.238. The molecule has 0 aliphatic rings. The van der Waals surface area contributed by atoms with Gasteiger partial charge in [0.25, 0.3) is 5.91 Å². The number of amides is 1. The van der Waals surface area contributed by atoms with Crippen molar-refractivity contribution in [1.82, 2.24) is 15.0 Å². The van der Waals surface area contributed by atoms with Crippen molar-refractivity contribution in [2.75, 3.05) is 10.6 Å². The van der Waals surface area contributed by atoms with Gasteiger partial charge in [0.05, 0.1) is 0 Å². The number of carbonyl (C=O) groups excluding carboxylic acids is 1. The molecule has 1 aromatic carbocycles. The van der Waals surface area contributed by atoms with Gasteiger partial charge in [0.2, 0.25) is 0 Å². The number of hydrogen-bond donors (Lipinski definition) is 2. The van der Waals surface area contributed by atoms with E-state index in [1.807, 2.05) is 37.3 Å². The van der Waals surface area contributed by atoms with Gasteiger partial charge in [0.1, 0.15) is 17.8 Å². The van der Waals surface area contributed by atoms with Crippen molar-refractivity contribution in [3.8, 4) is 0 Å². The molecule has 0 aliphatic heterocycles. The number of aromatic nitrogens is 3. The van der Waals surface area contributed by atoms with Gasteiger partial charge in [-0.2, -0.15) is 0 Å². The van der Waals surface area contributed by atoms with Gasteiger partial charge in [-0.25, -0.2) is 9.97 Å². The predicted octanol–water partition coefficient (Wildman–Crippen LogP) is 3.18. The van der Waals surface area contributed by atoms with Gasteiger partial charge >= 0.3 is 0 Å². The van der Waals surface area contributed by atoms with E-state index in [1.54, 1.807) is 24.4 Å². The molecule has 23 heavy (non-hydrogen) atoms. The van der Waals surface area contributed by atoms with Crippen LogP contribution in [0.25, 0.3) is 0 Å². The van der Waals surface area contributed by atoms with Crippen LogP contribution in [-0.4, -0.2) is 20.9 Å². The van der Waals surface area contributed by atoms with Gasteiger partial charge in [0, 0.05) is 29.3 Å². The highest BCUT2D eigenvalue weighted by Crippen LogP contribution is 2.18. The van der Waals surface area contributed by atoms with Crippen molar-refractivity contribution in [3.63, 3.8) is 0 Å². The molecule has 114 valence electrons. The van der Waals surface area contributed by atoms with Gasteiger partial charge in [-0.05, 0) is 43.3 Å². The van der Waals surface area contributed by atoms with Crippen LogP contribution in [0.2, 0.25) is 0 Å². The molecule has 0 fully saturated rings. The lowest BCUT2D eigenvalue weighted by Gasteiger charge is -2.08. The molecule has 0 saturated heterocycles. The monoisotopic (exact) mass is 305 g/mol. The quantitative estimate of drug-likeness (QED) is 0.774. The number of nitrogens with one attached hydrogen (secondary N) is 2. The van der Waals surface area contributed by atoms with E-state index in [0.717, 1.165) is 17.2 Å². The Morgan fingerprint density at radius 3 is 2.43 bits per heavy atom. The van der Waals surface area contributed by atoms with E-state index >= 15 is 0 Å². The number of rotatable bonds is 4. The summed E-state index contributed by atoms with van der Waals surface area (Å²) in [6, 6.07) is 14.4. The lowest BCUT2D eigenvalue weighted by atomic mass is 10.2. The van der Waals surface area contributed by atoms with E-state index in [4.69, 9.17) is 0 Å². The second-order valence-electron chi connectivity index (χ2n) is 4.92. The highest BCUT2D eigenvalue weighted by molar-refractivity contribution is 6.02. The highest BCUT2D eigenvalue weighted by atomic mass is 16.1. The van der Waals surface area contributed by atoms with Gasteiger partial charge in [0.15, 0.2) is 0 Å². The molecule has 0 aliphatic carbocycles. The summed E-state index contributed by atoms with van der Waals surface area (Å²) >= 11 is 0. The fourth-order valence-electron chi connectivity index (χ4n) is 2.00. The summed E-state index contributed by atoms with van der Waals surface area (Å²) in [4.78, 5) is 24.2. The molecule has 0 atom stereocenters.